The molecule has 0 atom stereocenters. The van der Waals surface area contributed by atoms with Crippen LogP contribution in [0.15, 0.2) is 70.0 Å². The van der Waals surface area contributed by atoms with Crippen molar-refractivity contribution in [3.05, 3.63) is 66.0 Å². The second-order valence-corrected chi connectivity index (χ2v) is 10.6. The highest BCUT2D eigenvalue weighted by atomic mass is 32.2. The lowest BCUT2D eigenvalue weighted by molar-refractivity contribution is 0.0697. The summed E-state index contributed by atoms with van der Waals surface area (Å²) in [5.74, 6) is 0.190. The largest absolute Gasteiger partial charge is 0.493 e. The molecule has 0 aliphatic carbocycles. The Balaban J connectivity index is 1.47. The number of unbranched alkanes of at least 4 members (excludes halogenated alkanes) is 4. The second kappa shape index (κ2) is 14.3. The van der Waals surface area contributed by atoms with Gasteiger partial charge < -0.3 is 19.8 Å². The first-order valence-corrected chi connectivity index (χ1v) is 14.5. The predicted octanol–water partition coefficient (Wildman–Crippen LogP) is 7.78. The van der Waals surface area contributed by atoms with Gasteiger partial charge in [-0.1, -0.05) is 49.9 Å². The first-order valence-electron chi connectivity index (χ1n) is 13.5. The van der Waals surface area contributed by atoms with Gasteiger partial charge in [-0.3, -0.25) is 5.32 Å². The Morgan fingerprint density at radius 1 is 1.07 bits per heavy atom. The Morgan fingerprint density at radius 3 is 2.60 bits per heavy atom. The van der Waals surface area contributed by atoms with Gasteiger partial charge in [-0.15, -0.1) is 16.9 Å². The molecule has 0 aliphatic heterocycles. The number of urea groups is 1. The summed E-state index contributed by atoms with van der Waals surface area (Å²) in [6, 6.07) is 12.3. The molecule has 0 unspecified atom stereocenters. The van der Waals surface area contributed by atoms with Crippen molar-refractivity contribution in [2.24, 2.45) is 10.2 Å². The van der Waals surface area contributed by atoms with E-state index in [2.05, 4.69) is 32.4 Å². The summed E-state index contributed by atoms with van der Waals surface area (Å²) in [4.78, 5) is 31.0. The van der Waals surface area contributed by atoms with Crippen molar-refractivity contribution in [3.8, 4) is 5.88 Å². The number of benzene rings is 2. The van der Waals surface area contributed by atoms with Gasteiger partial charge in [0.15, 0.2) is 5.69 Å². The van der Waals surface area contributed by atoms with Gasteiger partial charge in [0.05, 0.1) is 11.1 Å². The maximum Gasteiger partial charge on any atom is 0.366 e. The van der Waals surface area contributed by atoms with Crippen LogP contribution in [0.2, 0.25) is 0 Å². The molecule has 0 saturated carbocycles. The molecule has 11 heteroatoms. The van der Waals surface area contributed by atoms with E-state index in [9.17, 15) is 14.7 Å². The van der Waals surface area contributed by atoms with Crippen LogP contribution in [-0.2, 0) is 13.0 Å². The molecule has 0 fully saturated rings. The maximum atomic E-state index is 12.3. The van der Waals surface area contributed by atoms with Crippen molar-refractivity contribution in [2.45, 2.75) is 63.3 Å². The molecule has 4 rings (SSSR count). The molecule has 40 heavy (non-hydrogen) atoms. The van der Waals surface area contributed by atoms with Crippen molar-refractivity contribution >= 4 is 46.3 Å². The van der Waals surface area contributed by atoms with Crippen LogP contribution in [-0.4, -0.2) is 42.5 Å². The van der Waals surface area contributed by atoms with Gasteiger partial charge in [0, 0.05) is 29.2 Å². The van der Waals surface area contributed by atoms with E-state index in [-0.39, 0.29) is 23.1 Å². The number of hydrogen-bond acceptors (Lipinski definition) is 6. The summed E-state index contributed by atoms with van der Waals surface area (Å²) in [6.07, 6.45) is 10.4. The number of carbonyl (C=O) groups is 2. The van der Waals surface area contributed by atoms with Crippen molar-refractivity contribution in [1.82, 2.24) is 14.5 Å². The summed E-state index contributed by atoms with van der Waals surface area (Å²) in [5, 5.41) is 31.3. The smallest absolute Gasteiger partial charge is 0.366 e. The number of amides is 2. The van der Waals surface area contributed by atoms with E-state index in [1.807, 2.05) is 34.9 Å². The molecule has 0 bridgehead atoms. The number of aryl methyl sites for hydroxylation is 2. The first kappa shape index (κ1) is 28.9. The molecule has 0 spiro atoms. The number of rotatable bonds is 14. The SMILES string of the molecule is CCCCCCCn1c(O)c(N=NC(=O)Nc2ncc[nH]2)c2cc(SCCCc3ccc(C(=O)O)cc3)ccc21. The number of nitrogens with zero attached hydrogens (tertiary/aromatic N) is 4. The lowest BCUT2D eigenvalue weighted by Gasteiger charge is -2.07. The first-order chi connectivity index (χ1) is 19.5. The van der Waals surface area contributed by atoms with Crippen molar-refractivity contribution in [3.63, 3.8) is 0 Å². The third-order valence-electron chi connectivity index (χ3n) is 6.51. The number of carbonyl (C=O) groups excluding carboxylic acids is 1. The molecule has 0 radical (unpaired) electrons. The second-order valence-electron chi connectivity index (χ2n) is 9.44. The molecule has 2 aromatic heterocycles. The Hall–Kier alpha value is -4.12. The number of fused-ring (bicyclic) bond motifs is 1. The van der Waals surface area contributed by atoms with Crippen molar-refractivity contribution in [2.75, 3.05) is 11.1 Å². The molecule has 210 valence electrons. The molecule has 0 saturated heterocycles. The normalized spacial score (nSPS) is 11.4. The summed E-state index contributed by atoms with van der Waals surface area (Å²) < 4.78 is 1.84. The number of aromatic amines is 1. The Bertz CT molecular complexity index is 1450. The van der Waals surface area contributed by atoms with E-state index >= 15 is 0 Å². The fraction of sp³-hybridized carbons (Fsp3) is 0.345. The van der Waals surface area contributed by atoms with Gasteiger partial charge in [0.2, 0.25) is 11.8 Å². The van der Waals surface area contributed by atoms with Crippen LogP contribution in [0.4, 0.5) is 16.4 Å². The number of aromatic nitrogens is 3. The quantitative estimate of drug-likeness (QED) is 0.0701. The number of carboxylic acid groups (broad SMARTS) is 1. The van der Waals surface area contributed by atoms with Gasteiger partial charge in [0.1, 0.15) is 0 Å². The van der Waals surface area contributed by atoms with Crippen LogP contribution in [0.3, 0.4) is 0 Å². The minimum Gasteiger partial charge on any atom is -0.493 e. The summed E-state index contributed by atoms with van der Waals surface area (Å²) in [5.41, 5.74) is 2.49. The molecular weight excluding hydrogens is 528 g/mol. The number of anilines is 1. The van der Waals surface area contributed by atoms with Gasteiger partial charge >= 0.3 is 12.0 Å². The predicted molar refractivity (Wildman–Crippen MR) is 157 cm³/mol. The fourth-order valence-corrected chi connectivity index (χ4v) is 5.32. The maximum absolute atomic E-state index is 12.3. The monoisotopic (exact) mass is 562 g/mol. The Kier molecular flexibility index (Phi) is 10.3. The molecular formula is C29H34N6O4S. The number of aromatic carboxylic acids is 1. The van der Waals surface area contributed by atoms with Crippen LogP contribution in [0, 0.1) is 0 Å². The van der Waals surface area contributed by atoms with Gasteiger partial charge in [0.25, 0.3) is 0 Å². The molecule has 10 nitrogen and oxygen atoms in total. The van der Waals surface area contributed by atoms with Crippen LogP contribution in [0.25, 0.3) is 10.9 Å². The Labute approximate surface area is 236 Å². The highest BCUT2D eigenvalue weighted by molar-refractivity contribution is 7.99. The van der Waals surface area contributed by atoms with Crippen LogP contribution >= 0.6 is 11.8 Å². The molecule has 0 aliphatic rings. The standard InChI is InChI=1S/C29H34N6O4S/c1-2-3-4-5-6-17-35-24-14-13-22(40-18-7-8-20-9-11-21(12-10-20)27(37)38)19-23(24)25(26(35)36)33-34-29(39)32-28-30-15-16-31-28/h9-16,19,36H,2-8,17-18H2,1H3,(H,37,38)(H2,30,31,32,39). The van der Waals surface area contributed by atoms with Crippen LogP contribution in [0.5, 0.6) is 5.88 Å². The Morgan fingerprint density at radius 2 is 1.88 bits per heavy atom. The van der Waals surface area contributed by atoms with E-state index in [1.165, 1.54) is 19.0 Å². The number of aromatic hydroxyl groups is 1. The topological polar surface area (TPSA) is 145 Å². The number of H-pyrrole nitrogens is 1. The zero-order valence-corrected chi connectivity index (χ0v) is 23.3. The zero-order chi connectivity index (χ0) is 28.3. The number of hydrogen-bond donors (Lipinski definition) is 4. The van der Waals surface area contributed by atoms with Gasteiger partial charge in [-0.2, -0.15) is 0 Å². The average Bonchev–Trinajstić information content (AvgIpc) is 3.55. The molecule has 4 N–H and O–H groups in total. The summed E-state index contributed by atoms with van der Waals surface area (Å²) in [6.45, 7) is 2.83. The number of azo groups is 1. The number of nitrogens with one attached hydrogen (secondary N) is 2. The minimum atomic E-state index is -0.925. The van der Waals surface area contributed by atoms with Gasteiger partial charge in [-0.05, 0) is 60.9 Å². The fourth-order valence-electron chi connectivity index (χ4n) is 4.43. The minimum absolute atomic E-state index is 0.00741. The van der Waals surface area contributed by atoms with E-state index in [4.69, 9.17) is 5.11 Å². The molecule has 4 aromatic rings. The van der Waals surface area contributed by atoms with Crippen molar-refractivity contribution in [1.29, 1.82) is 0 Å². The number of carboxylic acids is 1. The average molecular weight is 563 g/mol. The summed E-state index contributed by atoms with van der Waals surface area (Å²) in [7, 11) is 0. The zero-order valence-electron chi connectivity index (χ0n) is 22.5. The van der Waals surface area contributed by atoms with E-state index in [0.717, 1.165) is 59.2 Å². The van der Waals surface area contributed by atoms with E-state index < -0.39 is 12.0 Å². The highest BCUT2D eigenvalue weighted by Gasteiger charge is 2.18. The van der Waals surface area contributed by atoms with Crippen LogP contribution < -0.4 is 5.32 Å². The molecule has 2 heterocycles. The third kappa shape index (κ3) is 7.72. The van der Waals surface area contributed by atoms with Gasteiger partial charge in [-0.25, -0.2) is 14.6 Å². The van der Waals surface area contributed by atoms with E-state index in [0.29, 0.717) is 6.54 Å². The summed E-state index contributed by atoms with van der Waals surface area (Å²) >= 11 is 1.69. The molecule has 2 aromatic carbocycles. The molecule has 2 amide bonds. The number of imidazole rings is 1. The third-order valence-corrected chi connectivity index (χ3v) is 7.59. The van der Waals surface area contributed by atoms with Crippen LogP contribution in [0.1, 0.15) is 61.4 Å². The number of thioether (sulfide) groups is 1. The highest BCUT2D eigenvalue weighted by Crippen LogP contribution is 2.41. The van der Waals surface area contributed by atoms with E-state index in [1.54, 1.807) is 30.1 Å². The lowest BCUT2D eigenvalue weighted by Crippen LogP contribution is -2.06. The van der Waals surface area contributed by atoms with Crippen molar-refractivity contribution < 1.29 is 19.8 Å². The lowest BCUT2D eigenvalue weighted by atomic mass is 10.1.